The lowest BCUT2D eigenvalue weighted by molar-refractivity contribution is 0.231. The first-order valence-corrected chi connectivity index (χ1v) is 10.6. The highest BCUT2D eigenvalue weighted by molar-refractivity contribution is 5.34. The van der Waals surface area contributed by atoms with Gasteiger partial charge in [-0.15, -0.1) is 0 Å². The van der Waals surface area contributed by atoms with Gasteiger partial charge in [0.25, 0.3) is 0 Å². The van der Waals surface area contributed by atoms with Crippen LogP contribution in [0.1, 0.15) is 87.7 Å². The van der Waals surface area contributed by atoms with Crippen LogP contribution in [-0.4, -0.2) is 0 Å². The van der Waals surface area contributed by atoms with Gasteiger partial charge in [0.1, 0.15) is 11.9 Å². The summed E-state index contributed by atoms with van der Waals surface area (Å²) in [4.78, 5) is 0. The fourth-order valence-corrected chi connectivity index (χ4v) is 5.13. The molecule has 2 fully saturated rings. The van der Waals surface area contributed by atoms with Gasteiger partial charge in [0, 0.05) is 0 Å². The summed E-state index contributed by atoms with van der Waals surface area (Å²) in [6.45, 7) is 0. The van der Waals surface area contributed by atoms with Crippen molar-refractivity contribution in [3.63, 3.8) is 0 Å². The molecule has 0 aliphatic heterocycles. The van der Waals surface area contributed by atoms with Crippen molar-refractivity contribution in [2.45, 2.75) is 76.5 Å². The summed E-state index contributed by atoms with van der Waals surface area (Å²) < 4.78 is 26.0. The lowest BCUT2D eigenvalue weighted by Crippen LogP contribution is -2.17. The van der Waals surface area contributed by atoms with E-state index in [1.807, 2.05) is 12.1 Å². The highest BCUT2D eigenvalue weighted by atomic mass is 19.1. The maximum Gasteiger partial charge on any atom is 0.141 e. The first-order chi connectivity index (χ1) is 13.2. The molecule has 0 radical (unpaired) electrons. The van der Waals surface area contributed by atoms with Crippen LogP contribution >= 0.6 is 0 Å². The lowest BCUT2D eigenvalue weighted by atomic mass is 9.74. The van der Waals surface area contributed by atoms with Crippen LogP contribution in [-0.2, 0) is 0 Å². The van der Waals surface area contributed by atoms with Gasteiger partial charge in [-0.2, -0.15) is 5.26 Å². The zero-order chi connectivity index (χ0) is 19.1. The fourth-order valence-electron chi connectivity index (χ4n) is 5.13. The zero-order valence-electron chi connectivity index (χ0n) is 16.2. The predicted octanol–water partition coefficient (Wildman–Crippen LogP) is 7.43. The quantitative estimate of drug-likeness (QED) is 0.510. The Labute approximate surface area is 162 Å². The van der Waals surface area contributed by atoms with E-state index in [1.165, 1.54) is 51.4 Å². The smallest absolute Gasteiger partial charge is 0.141 e. The van der Waals surface area contributed by atoms with Gasteiger partial charge in [-0.25, -0.2) is 8.78 Å². The molecule has 27 heavy (non-hydrogen) atoms. The minimum atomic E-state index is -0.380. The normalized spacial score (nSPS) is 28.9. The van der Waals surface area contributed by atoms with Gasteiger partial charge in [-0.05, 0) is 86.3 Å². The molecule has 0 atom stereocenters. The minimum Gasteiger partial charge on any atom is -0.216 e. The number of benzene rings is 1. The number of nitriles is 1. The molecule has 2 aliphatic rings. The predicted molar refractivity (Wildman–Crippen MR) is 105 cm³/mol. The van der Waals surface area contributed by atoms with Crippen LogP contribution in [0.5, 0.6) is 0 Å². The number of hydrogen-bond acceptors (Lipinski definition) is 1. The van der Waals surface area contributed by atoms with E-state index in [1.54, 1.807) is 18.2 Å². The van der Waals surface area contributed by atoms with Crippen LogP contribution in [0, 0.1) is 34.9 Å². The first-order valence-electron chi connectivity index (χ1n) is 10.6. The van der Waals surface area contributed by atoms with E-state index in [-0.39, 0.29) is 11.4 Å². The van der Waals surface area contributed by atoms with Crippen LogP contribution < -0.4 is 0 Å². The number of halogens is 2. The Kier molecular flexibility index (Phi) is 7.44. The Morgan fingerprint density at radius 1 is 0.926 bits per heavy atom. The van der Waals surface area contributed by atoms with E-state index in [0.29, 0.717) is 18.2 Å². The van der Waals surface area contributed by atoms with Gasteiger partial charge in [0.05, 0.1) is 11.9 Å². The molecule has 0 aromatic heterocycles. The molecular formula is C24H31F2N. The average Bonchev–Trinajstić information content (AvgIpc) is 2.72. The SMILES string of the molecule is N#Cc1ccc([C@H]2CC[C@H](CC[C@H]3CC[C@H](CC=CF)CC3)CC2)cc1F. The van der Waals surface area contributed by atoms with Gasteiger partial charge in [-0.3, -0.25) is 0 Å². The Morgan fingerprint density at radius 3 is 2.07 bits per heavy atom. The van der Waals surface area contributed by atoms with Gasteiger partial charge >= 0.3 is 0 Å². The fraction of sp³-hybridized carbons (Fsp3) is 0.625. The molecule has 1 nitrogen and oxygen atoms in total. The van der Waals surface area contributed by atoms with Gasteiger partial charge in [-0.1, -0.05) is 37.8 Å². The molecule has 0 amide bonds. The molecule has 0 N–H and O–H groups in total. The standard InChI is InChI=1S/C24H31F2N/c25-15-1-2-18-3-5-19(6-4-18)7-8-20-9-11-21(12-10-20)22-13-14-23(17-27)24(26)16-22/h1,13-16,18-21H,2-12H2/t18-,19-,20-,21-. The summed E-state index contributed by atoms with van der Waals surface area (Å²) in [5.41, 5.74) is 1.20. The maximum absolute atomic E-state index is 13.9. The summed E-state index contributed by atoms with van der Waals surface area (Å²) in [6.07, 6.45) is 15.8. The van der Waals surface area contributed by atoms with E-state index in [9.17, 15) is 8.78 Å². The third kappa shape index (κ3) is 5.64. The van der Waals surface area contributed by atoms with Gasteiger partial charge in [0.2, 0.25) is 0 Å². The molecule has 1 aromatic carbocycles. The molecule has 146 valence electrons. The second-order valence-corrected chi connectivity index (χ2v) is 8.63. The van der Waals surface area contributed by atoms with Crippen LogP contribution in [0.2, 0.25) is 0 Å². The molecule has 0 saturated heterocycles. The summed E-state index contributed by atoms with van der Waals surface area (Å²) in [5.74, 6) is 2.44. The second kappa shape index (κ2) is 10.0. The number of nitrogens with zero attached hydrogens (tertiary/aromatic N) is 1. The van der Waals surface area contributed by atoms with Crippen molar-refractivity contribution in [3.05, 3.63) is 47.5 Å². The zero-order valence-corrected chi connectivity index (χ0v) is 16.2. The molecule has 0 spiro atoms. The molecule has 1 aromatic rings. The van der Waals surface area contributed by atoms with Crippen LogP contribution in [0.4, 0.5) is 8.78 Å². The van der Waals surface area contributed by atoms with Crippen molar-refractivity contribution < 1.29 is 8.78 Å². The molecular weight excluding hydrogens is 340 g/mol. The molecule has 0 heterocycles. The summed E-state index contributed by atoms with van der Waals surface area (Å²) in [7, 11) is 0. The Morgan fingerprint density at radius 2 is 1.52 bits per heavy atom. The van der Waals surface area contributed by atoms with Crippen molar-refractivity contribution in [2.75, 3.05) is 0 Å². The number of hydrogen-bond donors (Lipinski definition) is 0. The number of rotatable bonds is 6. The van der Waals surface area contributed by atoms with E-state index >= 15 is 0 Å². The monoisotopic (exact) mass is 371 g/mol. The Bertz CT molecular complexity index is 659. The van der Waals surface area contributed by atoms with E-state index in [4.69, 9.17) is 5.26 Å². The molecule has 2 saturated carbocycles. The van der Waals surface area contributed by atoms with Gasteiger partial charge < -0.3 is 0 Å². The summed E-state index contributed by atoms with van der Waals surface area (Å²) in [6, 6.07) is 7.02. The van der Waals surface area contributed by atoms with E-state index < -0.39 is 0 Å². The lowest BCUT2D eigenvalue weighted by Gasteiger charge is -2.32. The van der Waals surface area contributed by atoms with Crippen LogP contribution in [0.15, 0.2) is 30.6 Å². The topological polar surface area (TPSA) is 23.8 Å². The van der Waals surface area contributed by atoms with Crippen molar-refractivity contribution in [3.8, 4) is 6.07 Å². The highest BCUT2D eigenvalue weighted by Gasteiger charge is 2.25. The molecule has 2 aliphatic carbocycles. The first kappa shape index (κ1) is 20.1. The molecule has 0 unspecified atom stereocenters. The largest absolute Gasteiger partial charge is 0.216 e. The van der Waals surface area contributed by atoms with Crippen LogP contribution in [0.3, 0.4) is 0 Å². The highest BCUT2D eigenvalue weighted by Crippen LogP contribution is 2.40. The minimum absolute atomic E-state index is 0.142. The Hall–Kier alpha value is -1.69. The Balaban J connectivity index is 1.38. The van der Waals surface area contributed by atoms with Crippen molar-refractivity contribution in [2.24, 2.45) is 17.8 Å². The summed E-state index contributed by atoms with van der Waals surface area (Å²) in [5, 5.41) is 8.87. The molecule has 3 heteroatoms. The summed E-state index contributed by atoms with van der Waals surface area (Å²) >= 11 is 0. The molecule has 3 rings (SSSR count). The van der Waals surface area contributed by atoms with E-state index in [2.05, 4.69) is 0 Å². The van der Waals surface area contributed by atoms with Crippen LogP contribution in [0.25, 0.3) is 0 Å². The maximum atomic E-state index is 13.9. The second-order valence-electron chi connectivity index (χ2n) is 8.63. The number of allylic oxidation sites excluding steroid dienone is 1. The third-order valence-corrected chi connectivity index (χ3v) is 6.94. The molecule has 0 bridgehead atoms. The van der Waals surface area contributed by atoms with E-state index in [0.717, 1.165) is 36.7 Å². The third-order valence-electron chi connectivity index (χ3n) is 6.94. The van der Waals surface area contributed by atoms with Gasteiger partial charge in [0.15, 0.2) is 0 Å². The van der Waals surface area contributed by atoms with Crippen molar-refractivity contribution >= 4 is 0 Å². The van der Waals surface area contributed by atoms with Crippen molar-refractivity contribution in [1.29, 1.82) is 5.26 Å². The average molecular weight is 372 g/mol. The van der Waals surface area contributed by atoms with Crippen molar-refractivity contribution in [1.82, 2.24) is 0 Å².